The van der Waals surface area contributed by atoms with Gasteiger partial charge in [-0.3, -0.25) is 4.90 Å². The third-order valence-electron chi connectivity index (χ3n) is 1.97. The lowest BCUT2D eigenvalue weighted by molar-refractivity contribution is -0.0525. The van der Waals surface area contributed by atoms with Crippen molar-refractivity contribution < 1.29 is 9.84 Å². The van der Waals surface area contributed by atoms with Crippen molar-refractivity contribution in [3.63, 3.8) is 0 Å². The number of nitrogens with zero attached hydrogens (tertiary/aromatic N) is 1. The molecule has 1 saturated heterocycles. The summed E-state index contributed by atoms with van der Waals surface area (Å²) in [5.74, 6) is 0. The Morgan fingerprint density at radius 2 is 2.45 bits per heavy atom. The SMILES string of the molecule is CCCN1CCOC(CO)C1. The van der Waals surface area contributed by atoms with Gasteiger partial charge in [0, 0.05) is 13.1 Å². The summed E-state index contributed by atoms with van der Waals surface area (Å²) >= 11 is 0. The van der Waals surface area contributed by atoms with Crippen molar-refractivity contribution in [1.82, 2.24) is 4.90 Å². The summed E-state index contributed by atoms with van der Waals surface area (Å²) in [4.78, 5) is 2.34. The first-order valence-corrected chi connectivity index (χ1v) is 4.31. The van der Waals surface area contributed by atoms with Crippen molar-refractivity contribution in [3.05, 3.63) is 0 Å². The monoisotopic (exact) mass is 159 g/mol. The van der Waals surface area contributed by atoms with Gasteiger partial charge in [-0.1, -0.05) is 6.92 Å². The van der Waals surface area contributed by atoms with E-state index in [1.807, 2.05) is 0 Å². The summed E-state index contributed by atoms with van der Waals surface area (Å²) in [6, 6.07) is 0. The minimum Gasteiger partial charge on any atom is -0.394 e. The third kappa shape index (κ3) is 2.77. The van der Waals surface area contributed by atoms with E-state index in [-0.39, 0.29) is 12.7 Å². The second-order valence-electron chi connectivity index (χ2n) is 2.98. The van der Waals surface area contributed by atoms with Crippen LogP contribution < -0.4 is 0 Å². The molecule has 0 aliphatic carbocycles. The molecule has 1 fully saturated rings. The zero-order valence-corrected chi connectivity index (χ0v) is 7.12. The van der Waals surface area contributed by atoms with Gasteiger partial charge in [-0.2, -0.15) is 0 Å². The van der Waals surface area contributed by atoms with Crippen LogP contribution in [0, 0.1) is 0 Å². The molecule has 3 nitrogen and oxygen atoms in total. The molecule has 1 rings (SSSR count). The predicted molar refractivity (Wildman–Crippen MR) is 43.6 cm³/mol. The molecule has 11 heavy (non-hydrogen) atoms. The fourth-order valence-electron chi connectivity index (χ4n) is 1.41. The first-order chi connectivity index (χ1) is 5.36. The van der Waals surface area contributed by atoms with E-state index in [2.05, 4.69) is 11.8 Å². The summed E-state index contributed by atoms with van der Waals surface area (Å²) < 4.78 is 5.31. The number of morpholine rings is 1. The zero-order valence-electron chi connectivity index (χ0n) is 7.12. The standard InChI is InChI=1S/C8H17NO2/c1-2-3-9-4-5-11-8(6-9)7-10/h8,10H,2-7H2,1H3. The van der Waals surface area contributed by atoms with Crippen molar-refractivity contribution in [1.29, 1.82) is 0 Å². The summed E-state index contributed by atoms with van der Waals surface area (Å²) in [6.45, 7) is 6.13. The number of aliphatic hydroxyl groups is 1. The van der Waals surface area contributed by atoms with Crippen molar-refractivity contribution >= 4 is 0 Å². The molecular weight excluding hydrogens is 142 g/mol. The van der Waals surface area contributed by atoms with E-state index in [9.17, 15) is 0 Å². The molecule has 0 aromatic carbocycles. The molecule has 0 aromatic heterocycles. The lowest BCUT2D eigenvalue weighted by Crippen LogP contribution is -2.44. The smallest absolute Gasteiger partial charge is 0.0932 e. The maximum Gasteiger partial charge on any atom is 0.0932 e. The molecule has 0 amide bonds. The van der Waals surface area contributed by atoms with Crippen molar-refractivity contribution in [2.45, 2.75) is 19.4 Å². The van der Waals surface area contributed by atoms with E-state index in [1.165, 1.54) is 6.42 Å². The highest BCUT2D eigenvalue weighted by atomic mass is 16.5. The second-order valence-corrected chi connectivity index (χ2v) is 2.98. The normalized spacial score (nSPS) is 27.3. The highest BCUT2D eigenvalue weighted by Gasteiger charge is 2.18. The van der Waals surface area contributed by atoms with Crippen molar-refractivity contribution in [3.8, 4) is 0 Å². The Balaban J connectivity index is 2.21. The summed E-state index contributed by atoms with van der Waals surface area (Å²) in [6.07, 6.45) is 1.23. The van der Waals surface area contributed by atoms with Gasteiger partial charge in [-0.15, -0.1) is 0 Å². The van der Waals surface area contributed by atoms with Gasteiger partial charge in [0.1, 0.15) is 0 Å². The Bertz CT molecular complexity index is 106. The number of ether oxygens (including phenoxy) is 1. The number of rotatable bonds is 3. The van der Waals surface area contributed by atoms with Gasteiger partial charge in [-0.25, -0.2) is 0 Å². The van der Waals surface area contributed by atoms with Crippen LogP contribution in [0.1, 0.15) is 13.3 Å². The van der Waals surface area contributed by atoms with Crippen LogP contribution in [0.3, 0.4) is 0 Å². The number of hydrogen-bond donors (Lipinski definition) is 1. The minimum absolute atomic E-state index is 0.0512. The molecule has 0 radical (unpaired) electrons. The zero-order chi connectivity index (χ0) is 8.10. The lowest BCUT2D eigenvalue weighted by Gasteiger charge is -2.31. The molecule has 0 bridgehead atoms. The van der Waals surface area contributed by atoms with Crippen LogP contribution in [0.15, 0.2) is 0 Å². The van der Waals surface area contributed by atoms with Crippen LogP contribution in [0.25, 0.3) is 0 Å². The molecule has 1 unspecified atom stereocenters. The van der Waals surface area contributed by atoms with E-state index < -0.39 is 0 Å². The molecule has 1 N–H and O–H groups in total. The molecular formula is C8H17NO2. The third-order valence-corrected chi connectivity index (χ3v) is 1.97. The molecule has 1 aliphatic rings. The molecule has 66 valence electrons. The van der Waals surface area contributed by atoms with Crippen LogP contribution in [-0.2, 0) is 4.74 Å². The number of aliphatic hydroxyl groups excluding tert-OH is 1. The second kappa shape index (κ2) is 4.70. The fraction of sp³-hybridized carbons (Fsp3) is 1.00. The van der Waals surface area contributed by atoms with Crippen molar-refractivity contribution in [2.75, 3.05) is 32.8 Å². The summed E-state index contributed by atoms with van der Waals surface area (Å²) in [5, 5.41) is 8.83. The molecule has 0 spiro atoms. The van der Waals surface area contributed by atoms with Crippen LogP contribution in [-0.4, -0.2) is 49.0 Å². The van der Waals surface area contributed by atoms with Gasteiger partial charge in [0.2, 0.25) is 0 Å². The van der Waals surface area contributed by atoms with Gasteiger partial charge < -0.3 is 9.84 Å². The molecule has 3 heteroatoms. The Morgan fingerprint density at radius 1 is 1.64 bits per heavy atom. The molecule has 1 heterocycles. The maximum absolute atomic E-state index is 8.83. The Labute approximate surface area is 68.0 Å². The summed E-state index contributed by atoms with van der Waals surface area (Å²) in [5.41, 5.74) is 0. The quantitative estimate of drug-likeness (QED) is 0.633. The minimum atomic E-state index is 0.0512. The van der Waals surface area contributed by atoms with E-state index >= 15 is 0 Å². The number of hydrogen-bond acceptors (Lipinski definition) is 3. The Morgan fingerprint density at radius 3 is 3.09 bits per heavy atom. The van der Waals surface area contributed by atoms with Crippen LogP contribution in [0.4, 0.5) is 0 Å². The highest BCUT2D eigenvalue weighted by molar-refractivity contribution is 4.69. The Hall–Kier alpha value is -0.120. The van der Waals surface area contributed by atoms with E-state index in [1.54, 1.807) is 0 Å². The molecule has 0 saturated carbocycles. The average molecular weight is 159 g/mol. The average Bonchev–Trinajstić information content (AvgIpc) is 2.06. The van der Waals surface area contributed by atoms with E-state index in [4.69, 9.17) is 9.84 Å². The van der Waals surface area contributed by atoms with Gasteiger partial charge in [0.25, 0.3) is 0 Å². The summed E-state index contributed by atoms with van der Waals surface area (Å²) in [7, 11) is 0. The van der Waals surface area contributed by atoms with Gasteiger partial charge in [0.05, 0.1) is 19.3 Å². The maximum atomic E-state index is 8.83. The van der Waals surface area contributed by atoms with E-state index in [0.29, 0.717) is 0 Å². The largest absolute Gasteiger partial charge is 0.394 e. The van der Waals surface area contributed by atoms with Crippen molar-refractivity contribution in [2.24, 2.45) is 0 Å². The predicted octanol–water partition coefficient (Wildman–Crippen LogP) is 0.0895. The van der Waals surface area contributed by atoms with Gasteiger partial charge in [-0.05, 0) is 13.0 Å². The molecule has 0 aromatic rings. The fourth-order valence-corrected chi connectivity index (χ4v) is 1.41. The molecule has 1 aliphatic heterocycles. The van der Waals surface area contributed by atoms with Gasteiger partial charge >= 0.3 is 0 Å². The van der Waals surface area contributed by atoms with Crippen LogP contribution >= 0.6 is 0 Å². The van der Waals surface area contributed by atoms with Gasteiger partial charge in [0.15, 0.2) is 0 Å². The first kappa shape index (κ1) is 8.97. The van der Waals surface area contributed by atoms with Crippen LogP contribution in [0.2, 0.25) is 0 Å². The molecule has 1 atom stereocenters. The Kier molecular flexibility index (Phi) is 3.83. The first-order valence-electron chi connectivity index (χ1n) is 4.31. The lowest BCUT2D eigenvalue weighted by atomic mass is 10.3. The van der Waals surface area contributed by atoms with Crippen LogP contribution in [0.5, 0.6) is 0 Å². The highest BCUT2D eigenvalue weighted by Crippen LogP contribution is 2.04. The topological polar surface area (TPSA) is 32.7 Å². The van der Waals surface area contributed by atoms with E-state index in [0.717, 1.165) is 26.2 Å².